The van der Waals surface area contributed by atoms with Gasteiger partial charge in [0.15, 0.2) is 0 Å². The van der Waals surface area contributed by atoms with Gasteiger partial charge in [-0.05, 0) is 48.1 Å². The fraction of sp³-hybridized carbons (Fsp3) is 0.280. The quantitative estimate of drug-likeness (QED) is 0.594. The number of fused-ring (bicyclic) bond motifs is 1. The maximum atomic E-state index is 12.7. The number of aryl methyl sites for hydroxylation is 2. The van der Waals surface area contributed by atoms with Gasteiger partial charge >= 0.3 is 0 Å². The van der Waals surface area contributed by atoms with Gasteiger partial charge in [0.1, 0.15) is 11.1 Å². The SMILES string of the molecule is N#Cc1c(NC(=O)CCc2ccccc2)sc2c1CCN(C(=O)CCc1ccncc1)C2. The molecule has 0 saturated heterocycles. The van der Waals surface area contributed by atoms with Gasteiger partial charge < -0.3 is 10.2 Å². The van der Waals surface area contributed by atoms with Crippen molar-refractivity contribution < 1.29 is 9.59 Å². The highest BCUT2D eigenvalue weighted by Crippen LogP contribution is 2.37. The van der Waals surface area contributed by atoms with Crippen LogP contribution < -0.4 is 5.32 Å². The summed E-state index contributed by atoms with van der Waals surface area (Å²) in [6, 6.07) is 16.0. The Bertz CT molecular complexity index is 1140. The molecule has 0 spiro atoms. The van der Waals surface area contributed by atoms with E-state index in [4.69, 9.17) is 0 Å². The van der Waals surface area contributed by atoms with Crippen molar-refractivity contribution in [1.29, 1.82) is 5.26 Å². The zero-order valence-electron chi connectivity index (χ0n) is 17.7. The Morgan fingerprint density at radius 3 is 2.53 bits per heavy atom. The van der Waals surface area contributed by atoms with E-state index in [2.05, 4.69) is 16.4 Å². The molecule has 162 valence electrons. The summed E-state index contributed by atoms with van der Waals surface area (Å²) in [7, 11) is 0. The maximum absolute atomic E-state index is 12.7. The molecule has 0 unspecified atom stereocenters. The van der Waals surface area contributed by atoms with Crippen molar-refractivity contribution in [3.63, 3.8) is 0 Å². The number of hydrogen-bond acceptors (Lipinski definition) is 5. The molecule has 6 nitrogen and oxygen atoms in total. The molecule has 4 rings (SSSR count). The third kappa shape index (κ3) is 5.21. The molecule has 2 amide bonds. The second-order valence-corrected chi connectivity index (χ2v) is 8.88. The van der Waals surface area contributed by atoms with Crippen LogP contribution in [0.3, 0.4) is 0 Å². The second-order valence-electron chi connectivity index (χ2n) is 7.77. The molecule has 0 atom stereocenters. The van der Waals surface area contributed by atoms with Crippen LogP contribution in [0, 0.1) is 11.3 Å². The van der Waals surface area contributed by atoms with Crippen LogP contribution in [0.25, 0.3) is 0 Å². The van der Waals surface area contributed by atoms with Gasteiger partial charge in [0, 0.05) is 36.7 Å². The Kier molecular flexibility index (Phi) is 6.93. The van der Waals surface area contributed by atoms with Crippen LogP contribution in [0.5, 0.6) is 0 Å². The van der Waals surface area contributed by atoms with E-state index >= 15 is 0 Å². The van der Waals surface area contributed by atoms with Gasteiger partial charge in [-0.2, -0.15) is 5.26 Å². The summed E-state index contributed by atoms with van der Waals surface area (Å²) < 4.78 is 0. The lowest BCUT2D eigenvalue weighted by atomic mass is 10.0. The Labute approximate surface area is 191 Å². The highest BCUT2D eigenvalue weighted by Gasteiger charge is 2.27. The highest BCUT2D eigenvalue weighted by molar-refractivity contribution is 7.16. The first kappa shape index (κ1) is 21.7. The molecule has 0 radical (unpaired) electrons. The van der Waals surface area contributed by atoms with E-state index in [-0.39, 0.29) is 11.8 Å². The first-order valence-electron chi connectivity index (χ1n) is 10.7. The van der Waals surface area contributed by atoms with Gasteiger partial charge in [-0.1, -0.05) is 30.3 Å². The minimum Gasteiger partial charge on any atom is -0.337 e. The average molecular weight is 445 g/mol. The van der Waals surface area contributed by atoms with E-state index < -0.39 is 0 Å². The van der Waals surface area contributed by atoms with E-state index in [1.165, 1.54) is 11.3 Å². The standard InChI is InChI=1S/C25H24N4O2S/c26-16-21-20-12-15-29(24(31)9-7-19-10-13-27-14-11-19)17-22(20)32-25(21)28-23(30)8-6-18-4-2-1-3-5-18/h1-5,10-11,13-14H,6-9,12,15,17H2,(H,28,30). The number of thiophene rings is 1. The molecular formula is C25H24N4O2S. The molecular weight excluding hydrogens is 420 g/mol. The van der Waals surface area contributed by atoms with Crippen LogP contribution in [0.4, 0.5) is 5.00 Å². The number of nitrogens with zero attached hydrogens (tertiary/aromatic N) is 3. The van der Waals surface area contributed by atoms with Crippen LogP contribution in [0.2, 0.25) is 0 Å². The maximum Gasteiger partial charge on any atom is 0.225 e. The summed E-state index contributed by atoms with van der Waals surface area (Å²) in [6.07, 6.45) is 6.24. The van der Waals surface area contributed by atoms with E-state index in [1.54, 1.807) is 12.4 Å². The Morgan fingerprint density at radius 2 is 1.78 bits per heavy atom. The number of carbonyl (C=O) groups is 2. The molecule has 1 N–H and O–H groups in total. The lowest BCUT2D eigenvalue weighted by molar-refractivity contribution is -0.132. The molecule has 32 heavy (non-hydrogen) atoms. The molecule has 3 aromatic rings. The van der Waals surface area contributed by atoms with Gasteiger partial charge in [0.2, 0.25) is 11.8 Å². The van der Waals surface area contributed by atoms with Crippen molar-refractivity contribution in [3.8, 4) is 6.07 Å². The van der Waals surface area contributed by atoms with Gasteiger partial charge in [-0.3, -0.25) is 14.6 Å². The lowest BCUT2D eigenvalue weighted by Gasteiger charge is -2.27. The molecule has 0 bridgehead atoms. The number of rotatable bonds is 7. The molecule has 1 aliphatic heterocycles. The molecule has 7 heteroatoms. The van der Waals surface area contributed by atoms with Crippen LogP contribution in [-0.2, 0) is 35.4 Å². The second kappa shape index (κ2) is 10.2. The predicted molar refractivity (Wildman–Crippen MR) is 124 cm³/mol. The number of nitriles is 1. The van der Waals surface area contributed by atoms with Crippen molar-refractivity contribution in [2.75, 3.05) is 11.9 Å². The van der Waals surface area contributed by atoms with Crippen molar-refractivity contribution in [2.45, 2.75) is 38.6 Å². The molecule has 0 fully saturated rings. The number of hydrogen-bond donors (Lipinski definition) is 1. The summed E-state index contributed by atoms with van der Waals surface area (Å²) in [5, 5.41) is 13.2. The molecule has 0 aliphatic carbocycles. The fourth-order valence-corrected chi connectivity index (χ4v) is 5.10. The van der Waals surface area contributed by atoms with Crippen molar-refractivity contribution in [2.24, 2.45) is 0 Å². The molecule has 0 saturated carbocycles. The van der Waals surface area contributed by atoms with Crippen LogP contribution in [-0.4, -0.2) is 28.2 Å². The third-order valence-corrected chi connectivity index (χ3v) is 6.77. The lowest BCUT2D eigenvalue weighted by Crippen LogP contribution is -2.35. The minimum absolute atomic E-state index is 0.103. The number of carbonyl (C=O) groups excluding carboxylic acids is 2. The Hall–Kier alpha value is -3.50. The molecule has 3 heterocycles. The van der Waals surface area contributed by atoms with E-state index in [0.717, 1.165) is 21.6 Å². The summed E-state index contributed by atoms with van der Waals surface area (Å²) >= 11 is 1.42. The van der Waals surface area contributed by atoms with Gasteiger partial charge in [-0.25, -0.2) is 0 Å². The smallest absolute Gasteiger partial charge is 0.225 e. The topological polar surface area (TPSA) is 86.1 Å². The predicted octanol–water partition coefficient (Wildman–Crippen LogP) is 4.10. The fourth-order valence-electron chi connectivity index (χ4n) is 3.87. The van der Waals surface area contributed by atoms with Crippen LogP contribution >= 0.6 is 11.3 Å². The summed E-state index contributed by atoms with van der Waals surface area (Å²) in [5.41, 5.74) is 3.71. The number of amides is 2. The van der Waals surface area contributed by atoms with E-state index in [9.17, 15) is 14.9 Å². The molecule has 1 aliphatic rings. The van der Waals surface area contributed by atoms with Crippen LogP contribution in [0.1, 0.15) is 40.0 Å². The van der Waals surface area contributed by atoms with Gasteiger partial charge in [-0.15, -0.1) is 11.3 Å². The zero-order chi connectivity index (χ0) is 22.3. The summed E-state index contributed by atoms with van der Waals surface area (Å²) in [6.45, 7) is 1.08. The van der Waals surface area contributed by atoms with Crippen LogP contribution in [0.15, 0.2) is 54.9 Å². The van der Waals surface area contributed by atoms with E-state index in [1.807, 2.05) is 47.4 Å². The normalized spacial score (nSPS) is 12.7. The van der Waals surface area contributed by atoms with Crippen molar-refractivity contribution in [1.82, 2.24) is 9.88 Å². The number of aromatic nitrogens is 1. The number of benzene rings is 1. The average Bonchev–Trinajstić information content (AvgIpc) is 3.18. The number of pyridine rings is 1. The molecule has 2 aromatic heterocycles. The third-order valence-electron chi connectivity index (χ3n) is 5.63. The monoisotopic (exact) mass is 444 g/mol. The largest absolute Gasteiger partial charge is 0.337 e. The highest BCUT2D eigenvalue weighted by atomic mass is 32.1. The number of nitrogens with one attached hydrogen (secondary N) is 1. The van der Waals surface area contributed by atoms with Crippen molar-refractivity contribution >= 4 is 28.2 Å². The summed E-state index contributed by atoms with van der Waals surface area (Å²) in [5.74, 6) is 0.00190. The first-order chi connectivity index (χ1) is 15.6. The molecule has 1 aromatic carbocycles. The van der Waals surface area contributed by atoms with Crippen molar-refractivity contribution in [3.05, 3.63) is 82.0 Å². The Morgan fingerprint density at radius 1 is 1.06 bits per heavy atom. The zero-order valence-corrected chi connectivity index (χ0v) is 18.5. The van der Waals surface area contributed by atoms with Gasteiger partial charge in [0.25, 0.3) is 0 Å². The minimum atomic E-state index is -0.103. The Balaban J connectivity index is 1.37. The van der Waals surface area contributed by atoms with E-state index in [0.29, 0.717) is 55.8 Å². The van der Waals surface area contributed by atoms with Gasteiger partial charge in [0.05, 0.1) is 12.1 Å². The number of anilines is 1. The first-order valence-corrected chi connectivity index (χ1v) is 11.5. The summed E-state index contributed by atoms with van der Waals surface area (Å²) in [4.78, 5) is 32.0.